The summed E-state index contributed by atoms with van der Waals surface area (Å²) < 4.78 is 4.55. The predicted octanol–water partition coefficient (Wildman–Crippen LogP) is 3.52. The van der Waals surface area contributed by atoms with Crippen LogP contribution in [0.4, 0.5) is 0 Å². The Morgan fingerprint density at radius 2 is 2.05 bits per heavy atom. The summed E-state index contributed by atoms with van der Waals surface area (Å²) in [6.45, 7) is 9.53. The quantitative estimate of drug-likeness (QED) is 0.794. The van der Waals surface area contributed by atoms with Gasteiger partial charge in [0.05, 0.1) is 0 Å². The van der Waals surface area contributed by atoms with Crippen LogP contribution < -0.4 is 5.32 Å². The van der Waals surface area contributed by atoms with E-state index >= 15 is 0 Å². The van der Waals surface area contributed by atoms with Crippen LogP contribution in [0.2, 0.25) is 0 Å². The van der Waals surface area contributed by atoms with Crippen molar-refractivity contribution < 1.29 is 9.53 Å². The van der Waals surface area contributed by atoms with Gasteiger partial charge in [-0.15, -0.1) is 0 Å². The van der Waals surface area contributed by atoms with Crippen molar-refractivity contribution in [1.29, 1.82) is 0 Å². The molecule has 1 N–H and O–H groups in total. The molecule has 3 atom stereocenters. The van der Waals surface area contributed by atoms with Crippen molar-refractivity contribution >= 4 is 6.47 Å². The summed E-state index contributed by atoms with van der Waals surface area (Å²) in [5.74, 6) is 2.10. The van der Waals surface area contributed by atoms with Crippen molar-refractivity contribution in [3.8, 4) is 0 Å². The smallest absolute Gasteiger partial charge is 0.293 e. The van der Waals surface area contributed by atoms with Gasteiger partial charge >= 0.3 is 0 Å². The number of rotatable bonds is 4. The van der Waals surface area contributed by atoms with Gasteiger partial charge in [-0.25, -0.2) is 0 Å². The molecule has 112 valence electrons. The Bertz CT molecular complexity index is 260. The monoisotopic (exact) mass is 269 g/mol. The van der Waals surface area contributed by atoms with E-state index < -0.39 is 0 Å². The molecule has 19 heavy (non-hydrogen) atoms. The molecule has 0 aromatic carbocycles. The number of carbonyl (C=O) groups excluding carboxylic acids is 1. The molecule has 3 nitrogen and oxygen atoms in total. The van der Waals surface area contributed by atoms with Gasteiger partial charge in [-0.2, -0.15) is 0 Å². The minimum Gasteiger partial charge on any atom is -0.462 e. The van der Waals surface area contributed by atoms with Crippen LogP contribution in [-0.2, 0) is 9.53 Å². The van der Waals surface area contributed by atoms with E-state index in [1.54, 1.807) is 0 Å². The second-order valence-corrected chi connectivity index (χ2v) is 6.84. The van der Waals surface area contributed by atoms with Gasteiger partial charge in [0.25, 0.3) is 6.47 Å². The van der Waals surface area contributed by atoms with Gasteiger partial charge in [-0.3, -0.25) is 4.79 Å². The summed E-state index contributed by atoms with van der Waals surface area (Å²) in [5.41, 5.74) is -0.318. The van der Waals surface area contributed by atoms with Gasteiger partial charge in [0, 0.05) is 6.04 Å². The van der Waals surface area contributed by atoms with E-state index in [-0.39, 0.29) is 5.60 Å². The van der Waals surface area contributed by atoms with Crippen LogP contribution in [0.25, 0.3) is 0 Å². The van der Waals surface area contributed by atoms with Gasteiger partial charge in [-0.05, 0) is 58.4 Å². The molecule has 0 amide bonds. The van der Waals surface area contributed by atoms with Crippen molar-refractivity contribution in [2.45, 2.75) is 77.9 Å². The number of hydrogen-bond acceptors (Lipinski definition) is 3. The molecule has 1 saturated carbocycles. The average molecular weight is 269 g/mol. The summed E-state index contributed by atoms with van der Waals surface area (Å²) in [5, 5.41) is 3.69. The van der Waals surface area contributed by atoms with Gasteiger partial charge in [0.15, 0.2) is 0 Å². The molecule has 3 unspecified atom stereocenters. The van der Waals surface area contributed by atoms with Crippen LogP contribution in [-0.4, -0.2) is 24.7 Å². The molecule has 0 aromatic rings. The lowest BCUT2D eigenvalue weighted by Crippen LogP contribution is -2.26. The van der Waals surface area contributed by atoms with Crippen molar-refractivity contribution in [3.63, 3.8) is 0 Å². The van der Waals surface area contributed by atoms with E-state index in [0.29, 0.717) is 6.47 Å². The predicted molar refractivity (Wildman–Crippen MR) is 79.0 cm³/mol. The van der Waals surface area contributed by atoms with Gasteiger partial charge in [-0.1, -0.05) is 26.2 Å². The Kier molecular flexibility index (Phi) is 6.84. The normalized spacial score (nSPS) is 29.4. The molecule has 1 aliphatic heterocycles. The van der Waals surface area contributed by atoms with Crippen molar-refractivity contribution in [2.75, 3.05) is 6.54 Å². The van der Waals surface area contributed by atoms with Crippen LogP contribution >= 0.6 is 0 Å². The Morgan fingerprint density at radius 1 is 1.32 bits per heavy atom. The maximum Gasteiger partial charge on any atom is 0.293 e. The number of carbonyl (C=O) groups is 1. The van der Waals surface area contributed by atoms with E-state index in [9.17, 15) is 4.79 Å². The molecular formula is C16H31NO2. The SMILES string of the molecule is CC(C)(C)OC=O.CCCCC1NCC2CCCC21. The lowest BCUT2D eigenvalue weighted by atomic mass is 9.91. The molecule has 0 bridgehead atoms. The highest BCUT2D eigenvalue weighted by Gasteiger charge is 2.37. The third-order valence-electron chi connectivity index (χ3n) is 4.15. The number of ether oxygens (including phenoxy) is 1. The summed E-state index contributed by atoms with van der Waals surface area (Å²) in [6.07, 6.45) is 8.71. The molecule has 2 aliphatic rings. The lowest BCUT2D eigenvalue weighted by molar-refractivity contribution is -0.138. The maximum absolute atomic E-state index is 9.60. The first-order valence-electron chi connectivity index (χ1n) is 7.82. The van der Waals surface area contributed by atoms with Crippen LogP contribution in [0.1, 0.15) is 66.2 Å². The summed E-state index contributed by atoms with van der Waals surface area (Å²) in [7, 11) is 0. The first kappa shape index (κ1) is 16.5. The second-order valence-electron chi connectivity index (χ2n) is 6.84. The van der Waals surface area contributed by atoms with E-state index in [1.807, 2.05) is 20.8 Å². The Balaban J connectivity index is 0.000000224. The summed E-state index contributed by atoms with van der Waals surface area (Å²) >= 11 is 0. The highest BCUT2D eigenvalue weighted by atomic mass is 16.5. The van der Waals surface area contributed by atoms with Crippen LogP contribution in [0.5, 0.6) is 0 Å². The topological polar surface area (TPSA) is 38.3 Å². The molecule has 0 aromatic heterocycles. The first-order chi connectivity index (χ1) is 8.98. The lowest BCUT2D eigenvalue weighted by Gasteiger charge is -2.17. The molecule has 0 radical (unpaired) electrons. The molecular weight excluding hydrogens is 238 g/mol. The van der Waals surface area contributed by atoms with E-state index in [4.69, 9.17) is 0 Å². The second kappa shape index (κ2) is 7.88. The van der Waals surface area contributed by atoms with Gasteiger partial charge < -0.3 is 10.1 Å². The fourth-order valence-corrected chi connectivity index (χ4v) is 3.19. The summed E-state index contributed by atoms with van der Waals surface area (Å²) in [6, 6.07) is 0.887. The van der Waals surface area contributed by atoms with E-state index in [0.717, 1.165) is 17.9 Å². The molecule has 1 aliphatic carbocycles. The minimum absolute atomic E-state index is 0.318. The summed E-state index contributed by atoms with van der Waals surface area (Å²) in [4.78, 5) is 9.60. The molecule has 0 spiro atoms. The molecule has 1 saturated heterocycles. The van der Waals surface area contributed by atoms with Crippen LogP contribution in [0.15, 0.2) is 0 Å². The highest BCUT2D eigenvalue weighted by Crippen LogP contribution is 2.38. The Morgan fingerprint density at radius 3 is 2.58 bits per heavy atom. The van der Waals surface area contributed by atoms with Gasteiger partial charge in [0.2, 0.25) is 0 Å². The first-order valence-corrected chi connectivity index (χ1v) is 7.82. The maximum atomic E-state index is 9.60. The van der Waals surface area contributed by atoms with E-state index in [1.165, 1.54) is 45.1 Å². The molecule has 1 heterocycles. The molecule has 2 rings (SSSR count). The minimum atomic E-state index is -0.318. The highest BCUT2D eigenvalue weighted by molar-refractivity contribution is 5.37. The zero-order valence-corrected chi connectivity index (χ0v) is 13.1. The third kappa shape index (κ3) is 5.94. The third-order valence-corrected chi connectivity index (χ3v) is 4.15. The standard InChI is InChI=1S/C11H21N.C5H10O2/c1-2-3-7-11-10-6-4-5-9(10)8-12-11;1-5(2,3)7-4-6/h9-12H,2-8H2,1H3;4H,1-3H3. The zero-order chi connectivity index (χ0) is 14.3. The van der Waals surface area contributed by atoms with Crippen molar-refractivity contribution in [1.82, 2.24) is 5.32 Å². The molecule has 2 fully saturated rings. The van der Waals surface area contributed by atoms with Crippen LogP contribution in [0.3, 0.4) is 0 Å². The van der Waals surface area contributed by atoms with Crippen molar-refractivity contribution in [2.24, 2.45) is 11.8 Å². The fourth-order valence-electron chi connectivity index (χ4n) is 3.19. The zero-order valence-electron chi connectivity index (χ0n) is 13.1. The van der Waals surface area contributed by atoms with Gasteiger partial charge in [0.1, 0.15) is 5.60 Å². The Labute approximate surface area is 118 Å². The largest absolute Gasteiger partial charge is 0.462 e. The van der Waals surface area contributed by atoms with Crippen molar-refractivity contribution in [3.05, 3.63) is 0 Å². The van der Waals surface area contributed by atoms with E-state index in [2.05, 4.69) is 17.0 Å². The number of hydrogen-bond donors (Lipinski definition) is 1. The van der Waals surface area contributed by atoms with Crippen LogP contribution in [0, 0.1) is 11.8 Å². The number of nitrogens with one attached hydrogen (secondary N) is 1. The Hall–Kier alpha value is -0.570. The number of fused-ring (bicyclic) bond motifs is 1. The fraction of sp³-hybridized carbons (Fsp3) is 0.938. The average Bonchev–Trinajstić information content (AvgIpc) is 2.88. The number of unbranched alkanes of at least 4 members (excludes halogenated alkanes) is 1. The molecule has 3 heteroatoms.